The van der Waals surface area contributed by atoms with Crippen molar-refractivity contribution in [2.24, 2.45) is 0 Å². The van der Waals surface area contributed by atoms with Gasteiger partial charge in [-0.2, -0.15) is 23.7 Å². The SMILES string of the molecule is N#Cc1c(NC(=O)c2cccs2)[n+]([O-])c2ccc(C(F)(F)F)cc2[n+]1[O-]. The number of hydrogen-bond donors (Lipinski definition) is 1. The van der Waals surface area contributed by atoms with E-state index in [1.54, 1.807) is 11.4 Å². The van der Waals surface area contributed by atoms with Gasteiger partial charge in [0, 0.05) is 6.07 Å². The van der Waals surface area contributed by atoms with E-state index in [-0.39, 0.29) is 14.3 Å². The lowest BCUT2D eigenvalue weighted by molar-refractivity contribution is -0.620. The third-order valence-corrected chi connectivity index (χ3v) is 4.32. The molecule has 2 heterocycles. The van der Waals surface area contributed by atoms with Gasteiger partial charge >= 0.3 is 23.6 Å². The molecule has 1 aromatic carbocycles. The highest BCUT2D eigenvalue weighted by Gasteiger charge is 2.34. The molecule has 0 spiro atoms. The van der Waals surface area contributed by atoms with Crippen LogP contribution in [0.25, 0.3) is 11.0 Å². The van der Waals surface area contributed by atoms with Crippen molar-refractivity contribution in [3.05, 3.63) is 62.3 Å². The molecule has 1 N–H and O–H groups in total. The summed E-state index contributed by atoms with van der Waals surface area (Å²) in [6.07, 6.45) is -4.73. The normalized spacial score (nSPS) is 11.3. The number of benzene rings is 1. The van der Waals surface area contributed by atoms with Crippen LogP contribution in [0, 0.1) is 21.7 Å². The number of carbonyl (C=O) groups is 1. The van der Waals surface area contributed by atoms with E-state index in [9.17, 15) is 28.4 Å². The Labute approximate surface area is 147 Å². The molecule has 0 aliphatic carbocycles. The van der Waals surface area contributed by atoms with Crippen molar-refractivity contribution in [1.82, 2.24) is 0 Å². The Balaban J connectivity index is 2.20. The van der Waals surface area contributed by atoms with E-state index >= 15 is 0 Å². The van der Waals surface area contributed by atoms with Crippen LogP contribution in [0.2, 0.25) is 0 Å². The Morgan fingerprint density at radius 1 is 1.19 bits per heavy atom. The summed E-state index contributed by atoms with van der Waals surface area (Å²) in [6.45, 7) is 0. The topological polar surface area (TPSA) is 107 Å². The van der Waals surface area contributed by atoms with E-state index in [0.29, 0.717) is 12.1 Å². The fourth-order valence-electron chi connectivity index (χ4n) is 2.25. The van der Waals surface area contributed by atoms with Crippen molar-refractivity contribution < 1.29 is 27.4 Å². The second-order valence-corrected chi connectivity index (χ2v) is 5.98. The molecule has 26 heavy (non-hydrogen) atoms. The number of anilines is 1. The molecule has 0 fully saturated rings. The van der Waals surface area contributed by atoms with Crippen LogP contribution in [-0.4, -0.2) is 5.91 Å². The summed E-state index contributed by atoms with van der Waals surface area (Å²) in [7, 11) is 0. The van der Waals surface area contributed by atoms with Gasteiger partial charge in [0.05, 0.1) is 5.56 Å². The van der Waals surface area contributed by atoms with Crippen LogP contribution in [0.15, 0.2) is 35.7 Å². The van der Waals surface area contributed by atoms with Crippen LogP contribution in [0.5, 0.6) is 0 Å². The lowest BCUT2D eigenvalue weighted by Crippen LogP contribution is -2.44. The molecule has 0 unspecified atom stereocenters. The smallest absolute Gasteiger partial charge is 0.416 e. The zero-order chi connectivity index (χ0) is 19.1. The number of carbonyl (C=O) groups excluding carboxylic acids is 1. The molecule has 11 heteroatoms. The first kappa shape index (κ1) is 17.4. The molecule has 3 aromatic rings. The Kier molecular flexibility index (Phi) is 4.13. The van der Waals surface area contributed by atoms with E-state index in [1.807, 2.05) is 0 Å². The molecule has 7 nitrogen and oxygen atoms in total. The molecular weight excluding hydrogens is 373 g/mol. The van der Waals surface area contributed by atoms with Crippen LogP contribution >= 0.6 is 11.3 Å². The summed E-state index contributed by atoms with van der Waals surface area (Å²) in [5, 5.41) is 37.7. The molecule has 132 valence electrons. The number of fused-ring (bicyclic) bond motifs is 1. The molecule has 2 aromatic heterocycles. The summed E-state index contributed by atoms with van der Waals surface area (Å²) in [5.74, 6) is -1.39. The van der Waals surface area contributed by atoms with Gasteiger partial charge in [-0.15, -0.1) is 16.1 Å². The van der Waals surface area contributed by atoms with Gasteiger partial charge < -0.3 is 10.4 Å². The monoisotopic (exact) mass is 380 g/mol. The second kappa shape index (κ2) is 6.16. The van der Waals surface area contributed by atoms with Crippen molar-refractivity contribution in [2.75, 3.05) is 5.32 Å². The Morgan fingerprint density at radius 3 is 2.50 bits per heavy atom. The van der Waals surface area contributed by atoms with Crippen molar-refractivity contribution in [3.63, 3.8) is 0 Å². The number of amides is 1. The highest BCUT2D eigenvalue weighted by atomic mass is 32.1. The highest BCUT2D eigenvalue weighted by Crippen LogP contribution is 2.30. The lowest BCUT2D eigenvalue weighted by Gasteiger charge is -2.14. The molecule has 0 atom stereocenters. The number of hydrogen-bond acceptors (Lipinski definition) is 5. The Bertz CT molecular complexity index is 1060. The fraction of sp³-hybridized carbons (Fsp3) is 0.0667. The third-order valence-electron chi connectivity index (χ3n) is 3.45. The summed E-state index contributed by atoms with van der Waals surface area (Å²) < 4.78 is 38.4. The maximum absolute atomic E-state index is 12.8. The first-order valence-corrected chi connectivity index (χ1v) is 7.77. The summed E-state index contributed by atoms with van der Waals surface area (Å²) in [4.78, 5) is 12.3. The van der Waals surface area contributed by atoms with Gasteiger partial charge in [-0.3, -0.25) is 0 Å². The Morgan fingerprint density at radius 2 is 1.92 bits per heavy atom. The van der Waals surface area contributed by atoms with Crippen molar-refractivity contribution in [2.45, 2.75) is 6.18 Å². The summed E-state index contributed by atoms with van der Waals surface area (Å²) in [6, 6.07) is 6.40. The van der Waals surface area contributed by atoms with E-state index in [4.69, 9.17) is 5.26 Å². The number of nitrogens with zero attached hydrogens (tertiary/aromatic N) is 3. The number of thiophene rings is 1. The van der Waals surface area contributed by atoms with Crippen LogP contribution in [0.1, 0.15) is 20.9 Å². The maximum Gasteiger partial charge on any atom is 0.416 e. The minimum atomic E-state index is -4.73. The number of nitrogens with one attached hydrogen (secondary N) is 1. The Hall–Kier alpha value is -3.39. The minimum Gasteiger partial charge on any atom is -0.710 e. The van der Waals surface area contributed by atoms with Crippen LogP contribution < -0.4 is 14.8 Å². The predicted octanol–water partition coefficient (Wildman–Crippen LogP) is 2.31. The van der Waals surface area contributed by atoms with Crippen molar-refractivity contribution in [1.29, 1.82) is 5.26 Å². The summed E-state index contributed by atoms with van der Waals surface area (Å²) >= 11 is 1.07. The maximum atomic E-state index is 12.8. The lowest BCUT2D eigenvalue weighted by atomic mass is 10.2. The fourth-order valence-corrected chi connectivity index (χ4v) is 2.87. The van der Waals surface area contributed by atoms with E-state index < -0.39 is 40.2 Å². The van der Waals surface area contributed by atoms with Crippen molar-refractivity contribution in [3.8, 4) is 6.07 Å². The van der Waals surface area contributed by atoms with Crippen molar-refractivity contribution >= 4 is 34.1 Å². The second-order valence-electron chi connectivity index (χ2n) is 5.03. The number of halogens is 3. The van der Waals surface area contributed by atoms with Gasteiger partial charge in [0.1, 0.15) is 4.88 Å². The van der Waals surface area contributed by atoms with Crippen LogP contribution in [-0.2, 0) is 6.18 Å². The molecule has 0 bridgehead atoms. The average molecular weight is 380 g/mol. The number of aromatic nitrogens is 2. The zero-order valence-electron chi connectivity index (χ0n) is 12.6. The molecule has 0 radical (unpaired) electrons. The number of nitriles is 1. The van der Waals surface area contributed by atoms with E-state index in [1.165, 1.54) is 12.1 Å². The quantitative estimate of drug-likeness (QED) is 0.544. The van der Waals surface area contributed by atoms with Gasteiger partial charge in [0.15, 0.2) is 6.07 Å². The molecule has 0 aliphatic rings. The van der Waals surface area contributed by atoms with Gasteiger partial charge in [-0.25, -0.2) is 9.52 Å². The molecule has 3 rings (SSSR count). The largest absolute Gasteiger partial charge is 0.710 e. The van der Waals surface area contributed by atoms with Gasteiger partial charge in [0.25, 0.3) is 5.52 Å². The van der Waals surface area contributed by atoms with Gasteiger partial charge in [0.2, 0.25) is 5.52 Å². The van der Waals surface area contributed by atoms with Crippen LogP contribution in [0.4, 0.5) is 19.0 Å². The van der Waals surface area contributed by atoms with E-state index in [0.717, 1.165) is 17.4 Å². The van der Waals surface area contributed by atoms with E-state index in [2.05, 4.69) is 5.32 Å². The molecule has 0 saturated heterocycles. The van der Waals surface area contributed by atoms with Crippen LogP contribution in [0.3, 0.4) is 0 Å². The van der Waals surface area contributed by atoms with Gasteiger partial charge in [-0.05, 0) is 23.6 Å². The third kappa shape index (κ3) is 2.86. The molecule has 1 amide bonds. The first-order chi connectivity index (χ1) is 12.2. The predicted molar refractivity (Wildman–Crippen MR) is 83.9 cm³/mol. The number of rotatable bonds is 2. The molecule has 0 aliphatic heterocycles. The summed E-state index contributed by atoms with van der Waals surface area (Å²) in [5.41, 5.74) is -3.03. The zero-order valence-corrected chi connectivity index (χ0v) is 13.4. The first-order valence-electron chi connectivity index (χ1n) is 6.89. The van der Waals surface area contributed by atoms with Gasteiger partial charge in [-0.1, -0.05) is 6.07 Å². The highest BCUT2D eigenvalue weighted by molar-refractivity contribution is 7.12. The average Bonchev–Trinajstić information content (AvgIpc) is 3.13. The standard InChI is InChI=1S/C15H7F3N4O3S/c16-15(17,18)8-3-4-9-10(6-8)21(24)11(7-19)13(22(9)25)20-14(23)12-2-1-5-26-12/h1-6H,(H,20,23). The molecular formula is C15H7F3N4O3S. The minimum absolute atomic E-state index is 0.0496. The number of alkyl halides is 3. The molecule has 0 saturated carbocycles.